The number of rotatable bonds is 0. The molecule has 90 valence electrons. The van der Waals surface area contributed by atoms with Gasteiger partial charge in [0.1, 0.15) is 5.00 Å². The SMILES string of the molecule is Cc1sc2c(c1C)C(=O)N(N)C([S-])N2.N[NH3+]. The van der Waals surface area contributed by atoms with Crippen molar-refractivity contribution < 1.29 is 10.6 Å². The molecular formula is C8H15N5OS2. The monoisotopic (exact) mass is 261 g/mol. The molecule has 0 aliphatic carbocycles. The van der Waals surface area contributed by atoms with Crippen molar-refractivity contribution in [2.75, 3.05) is 5.32 Å². The Morgan fingerprint density at radius 3 is 2.62 bits per heavy atom. The normalized spacial score (nSPS) is 18.5. The van der Waals surface area contributed by atoms with Crippen LogP contribution in [0.15, 0.2) is 0 Å². The van der Waals surface area contributed by atoms with Crippen molar-refractivity contribution in [2.24, 2.45) is 11.7 Å². The molecule has 0 bridgehead atoms. The highest BCUT2D eigenvalue weighted by Crippen LogP contribution is 2.35. The van der Waals surface area contributed by atoms with E-state index in [0.29, 0.717) is 5.56 Å². The predicted molar refractivity (Wildman–Crippen MR) is 66.0 cm³/mol. The van der Waals surface area contributed by atoms with Crippen molar-refractivity contribution in [1.82, 2.24) is 5.01 Å². The van der Waals surface area contributed by atoms with Crippen molar-refractivity contribution in [3.8, 4) is 0 Å². The predicted octanol–water partition coefficient (Wildman–Crippen LogP) is -0.961. The van der Waals surface area contributed by atoms with Gasteiger partial charge in [0.05, 0.1) is 5.56 Å². The van der Waals surface area contributed by atoms with E-state index in [1.165, 1.54) is 0 Å². The topological polar surface area (TPSA) is 112 Å². The Morgan fingerprint density at radius 1 is 1.50 bits per heavy atom. The number of quaternary nitrogens is 1. The Balaban J connectivity index is 0.000000606. The van der Waals surface area contributed by atoms with Gasteiger partial charge in [-0.3, -0.25) is 15.6 Å². The number of anilines is 1. The number of amides is 1. The number of carbonyl (C=O) groups excluding carboxylic acids is 1. The van der Waals surface area contributed by atoms with Crippen LogP contribution in [0.3, 0.4) is 0 Å². The Labute approximate surface area is 103 Å². The molecule has 0 spiro atoms. The Bertz CT molecular complexity index is 405. The van der Waals surface area contributed by atoms with Gasteiger partial charge in [-0.25, -0.2) is 5.84 Å². The molecule has 1 amide bonds. The van der Waals surface area contributed by atoms with Crippen LogP contribution in [0.1, 0.15) is 20.8 Å². The van der Waals surface area contributed by atoms with Crippen LogP contribution in [0.5, 0.6) is 0 Å². The highest BCUT2D eigenvalue weighted by molar-refractivity contribution is 7.59. The fourth-order valence-electron chi connectivity index (χ4n) is 1.40. The summed E-state index contributed by atoms with van der Waals surface area (Å²) in [6.45, 7) is 3.90. The van der Waals surface area contributed by atoms with Crippen LogP contribution in [0, 0.1) is 13.8 Å². The van der Waals surface area contributed by atoms with E-state index in [0.717, 1.165) is 20.5 Å². The fraction of sp³-hybridized carbons (Fsp3) is 0.375. The lowest BCUT2D eigenvalue weighted by Crippen LogP contribution is -2.59. The molecule has 0 saturated heterocycles. The zero-order chi connectivity index (χ0) is 12.5. The summed E-state index contributed by atoms with van der Waals surface area (Å²) in [5, 5.41) is 4.91. The van der Waals surface area contributed by atoms with E-state index < -0.39 is 5.50 Å². The molecule has 1 aromatic rings. The molecule has 1 atom stereocenters. The van der Waals surface area contributed by atoms with Gasteiger partial charge in [0.2, 0.25) is 0 Å². The van der Waals surface area contributed by atoms with Gasteiger partial charge in [0, 0.05) is 4.88 Å². The lowest BCUT2D eigenvalue weighted by atomic mass is 10.1. The summed E-state index contributed by atoms with van der Waals surface area (Å²) < 4.78 is 0. The molecule has 6 nitrogen and oxygen atoms in total. The third kappa shape index (κ3) is 2.02. The molecule has 8 heteroatoms. The van der Waals surface area contributed by atoms with Crippen LogP contribution in [0.25, 0.3) is 0 Å². The summed E-state index contributed by atoms with van der Waals surface area (Å²) in [6.07, 6.45) is 0. The lowest BCUT2D eigenvalue weighted by Gasteiger charge is -2.38. The number of nitrogens with one attached hydrogen (secondary N) is 1. The number of hydrazine groups is 1. The largest absolute Gasteiger partial charge is 0.745 e. The molecule has 2 heterocycles. The smallest absolute Gasteiger partial charge is 0.271 e. The van der Waals surface area contributed by atoms with Gasteiger partial charge in [-0.2, -0.15) is 5.84 Å². The van der Waals surface area contributed by atoms with E-state index in [1.54, 1.807) is 11.3 Å². The number of thiophene rings is 1. The molecule has 0 radical (unpaired) electrons. The van der Waals surface area contributed by atoms with Gasteiger partial charge >= 0.3 is 0 Å². The zero-order valence-corrected chi connectivity index (χ0v) is 10.7. The molecule has 0 saturated carbocycles. The summed E-state index contributed by atoms with van der Waals surface area (Å²) in [5.41, 5.74) is 1.10. The molecule has 1 aliphatic heterocycles. The number of carbonyl (C=O) groups is 1. The van der Waals surface area contributed by atoms with Crippen molar-refractivity contribution in [1.29, 1.82) is 0 Å². The highest BCUT2D eigenvalue weighted by atomic mass is 32.1. The van der Waals surface area contributed by atoms with Gasteiger partial charge in [0.15, 0.2) is 0 Å². The summed E-state index contributed by atoms with van der Waals surface area (Å²) >= 11 is 6.54. The second kappa shape index (κ2) is 5.02. The van der Waals surface area contributed by atoms with Crippen LogP contribution in [-0.4, -0.2) is 16.4 Å². The maximum atomic E-state index is 11.8. The van der Waals surface area contributed by atoms with Crippen LogP contribution >= 0.6 is 11.3 Å². The molecule has 1 unspecified atom stereocenters. The van der Waals surface area contributed by atoms with Gasteiger partial charge in [0.25, 0.3) is 5.91 Å². The fourth-order valence-corrected chi connectivity index (χ4v) is 2.77. The van der Waals surface area contributed by atoms with E-state index in [1.807, 2.05) is 13.8 Å². The molecule has 2 rings (SSSR count). The van der Waals surface area contributed by atoms with Crippen LogP contribution in [-0.2, 0) is 12.6 Å². The van der Waals surface area contributed by atoms with Gasteiger partial charge in [-0.05, 0) is 24.9 Å². The number of hydrogen-bond donors (Lipinski definition) is 4. The molecule has 16 heavy (non-hydrogen) atoms. The first-order valence-electron chi connectivity index (χ1n) is 4.54. The van der Waals surface area contributed by atoms with Crippen molar-refractivity contribution in [3.05, 3.63) is 16.0 Å². The van der Waals surface area contributed by atoms with Crippen molar-refractivity contribution in [3.63, 3.8) is 0 Å². The third-order valence-electron chi connectivity index (χ3n) is 2.34. The second-order valence-electron chi connectivity index (χ2n) is 3.20. The molecule has 8 N–H and O–H groups in total. The van der Waals surface area contributed by atoms with Crippen LogP contribution < -0.4 is 22.8 Å². The lowest BCUT2D eigenvalue weighted by molar-refractivity contribution is -0.379. The second-order valence-corrected chi connectivity index (χ2v) is 4.87. The van der Waals surface area contributed by atoms with Gasteiger partial charge < -0.3 is 17.9 Å². The molecule has 0 aromatic carbocycles. The standard InChI is InChI=1S/C8H11N3OS2.H4N2/c1-3-4(2)14-6-5(3)7(12)11(9)8(13)10-6;1-2/h8,10,13H,9H2,1-2H3;1-2H2. The van der Waals surface area contributed by atoms with Gasteiger partial charge in [-0.1, -0.05) is 0 Å². The highest BCUT2D eigenvalue weighted by Gasteiger charge is 2.28. The maximum Gasteiger partial charge on any atom is 0.271 e. The molecule has 0 fully saturated rings. The first-order valence-corrected chi connectivity index (χ1v) is 5.82. The quantitative estimate of drug-likeness (QED) is 0.208. The van der Waals surface area contributed by atoms with Crippen molar-refractivity contribution in [2.45, 2.75) is 19.3 Å². The summed E-state index contributed by atoms with van der Waals surface area (Å²) in [5.74, 6) is 12.3. The minimum Gasteiger partial charge on any atom is -0.745 e. The molecule has 1 aromatic heterocycles. The molecule has 1 aliphatic rings. The van der Waals surface area contributed by atoms with Gasteiger partial charge in [-0.15, -0.1) is 11.3 Å². The van der Waals surface area contributed by atoms with E-state index in [4.69, 9.17) is 18.5 Å². The number of nitrogens with zero attached hydrogens (tertiary/aromatic N) is 1. The van der Waals surface area contributed by atoms with Crippen LogP contribution in [0.2, 0.25) is 0 Å². The Kier molecular flexibility index (Phi) is 4.16. The van der Waals surface area contributed by atoms with E-state index >= 15 is 0 Å². The number of aryl methyl sites for hydroxylation is 1. The average molecular weight is 261 g/mol. The number of fused-ring (bicyclic) bond motifs is 1. The molecular weight excluding hydrogens is 246 g/mol. The van der Waals surface area contributed by atoms with E-state index in [9.17, 15) is 4.79 Å². The third-order valence-corrected chi connectivity index (χ3v) is 3.82. The minimum atomic E-state index is -0.549. The first-order chi connectivity index (χ1) is 7.52. The summed E-state index contributed by atoms with van der Waals surface area (Å²) in [7, 11) is 0. The summed E-state index contributed by atoms with van der Waals surface area (Å²) in [6, 6.07) is 0. The van der Waals surface area contributed by atoms with E-state index in [-0.39, 0.29) is 5.91 Å². The minimum absolute atomic E-state index is 0.194. The Hall–Kier alpha value is -0.800. The van der Waals surface area contributed by atoms with Crippen molar-refractivity contribution >= 4 is 34.9 Å². The number of nitrogens with two attached hydrogens (primary N) is 2. The van der Waals surface area contributed by atoms with Crippen LogP contribution in [0.4, 0.5) is 5.00 Å². The Morgan fingerprint density at radius 2 is 2.06 bits per heavy atom. The summed E-state index contributed by atoms with van der Waals surface area (Å²) in [4.78, 5) is 12.9. The first kappa shape index (κ1) is 13.3. The zero-order valence-electron chi connectivity index (χ0n) is 9.11. The average Bonchev–Trinajstić information content (AvgIpc) is 2.54. The van der Waals surface area contributed by atoms with E-state index in [2.05, 4.69) is 17.0 Å². The maximum absolute atomic E-state index is 11.8. The number of hydrogen-bond acceptors (Lipinski definition) is 6.